The maximum absolute atomic E-state index is 13.5. The molecule has 4 atom stereocenters. The number of ether oxygens (including phenoxy) is 1. The Labute approximate surface area is 218 Å². The van der Waals surface area contributed by atoms with Crippen molar-refractivity contribution < 1.29 is 14.3 Å². The van der Waals surface area contributed by atoms with Crippen molar-refractivity contribution in [3.63, 3.8) is 0 Å². The molecule has 1 aromatic carbocycles. The van der Waals surface area contributed by atoms with E-state index >= 15 is 0 Å². The number of pyridine rings is 1. The Morgan fingerprint density at radius 1 is 1.22 bits per heavy atom. The van der Waals surface area contributed by atoms with E-state index < -0.39 is 5.54 Å². The molecular weight excluding hydrogens is 466 g/mol. The Balaban J connectivity index is 1.40. The second kappa shape index (κ2) is 9.47. The summed E-state index contributed by atoms with van der Waals surface area (Å²) in [7, 11) is 0. The van der Waals surface area contributed by atoms with Gasteiger partial charge in [0.25, 0.3) is 0 Å². The Bertz CT molecular complexity index is 1210. The van der Waals surface area contributed by atoms with Crippen LogP contribution >= 0.6 is 0 Å². The number of aliphatic imine (C=N–C) groups is 1. The summed E-state index contributed by atoms with van der Waals surface area (Å²) in [5, 5.41) is 3.29. The van der Waals surface area contributed by atoms with E-state index in [9.17, 15) is 9.59 Å². The van der Waals surface area contributed by atoms with Crippen LogP contribution < -0.4 is 15.8 Å². The molecular formula is C29H37N5O3. The van der Waals surface area contributed by atoms with Gasteiger partial charge in [0.2, 0.25) is 11.8 Å². The van der Waals surface area contributed by atoms with E-state index in [1.54, 1.807) is 17.3 Å². The van der Waals surface area contributed by atoms with Gasteiger partial charge in [0, 0.05) is 30.3 Å². The maximum atomic E-state index is 13.5. The Kier molecular flexibility index (Phi) is 6.46. The van der Waals surface area contributed by atoms with Gasteiger partial charge in [-0.1, -0.05) is 38.1 Å². The third kappa shape index (κ3) is 4.81. The molecule has 3 heterocycles. The van der Waals surface area contributed by atoms with Crippen molar-refractivity contribution in [3.8, 4) is 5.75 Å². The molecule has 1 fully saturated rings. The molecule has 8 heteroatoms. The molecule has 196 valence electrons. The van der Waals surface area contributed by atoms with Gasteiger partial charge in [-0.15, -0.1) is 0 Å². The molecule has 1 unspecified atom stereocenters. The summed E-state index contributed by atoms with van der Waals surface area (Å²) in [6.07, 6.45) is 6.63. The zero-order valence-corrected chi connectivity index (χ0v) is 22.1. The lowest BCUT2D eigenvalue weighted by Gasteiger charge is -2.40. The van der Waals surface area contributed by atoms with Crippen LogP contribution in [0.5, 0.6) is 5.75 Å². The Hall–Kier alpha value is -3.42. The van der Waals surface area contributed by atoms with Crippen LogP contribution in [-0.4, -0.2) is 38.8 Å². The van der Waals surface area contributed by atoms with Gasteiger partial charge < -0.3 is 15.8 Å². The fourth-order valence-electron chi connectivity index (χ4n) is 6.00. The minimum Gasteiger partial charge on any atom is -0.487 e. The van der Waals surface area contributed by atoms with E-state index in [-0.39, 0.29) is 47.3 Å². The summed E-state index contributed by atoms with van der Waals surface area (Å²) in [5.74, 6) is 0.695. The van der Waals surface area contributed by atoms with Crippen LogP contribution in [0.15, 0.2) is 53.8 Å². The summed E-state index contributed by atoms with van der Waals surface area (Å²) in [4.78, 5) is 37.8. The van der Waals surface area contributed by atoms with Crippen LogP contribution in [0.1, 0.15) is 83.0 Å². The number of hydrogen-bond acceptors (Lipinski definition) is 6. The van der Waals surface area contributed by atoms with Crippen molar-refractivity contribution >= 4 is 17.8 Å². The number of benzene rings is 1. The number of amides is 2. The van der Waals surface area contributed by atoms with Crippen molar-refractivity contribution in [2.24, 2.45) is 22.6 Å². The second-order valence-electron chi connectivity index (χ2n) is 11.2. The van der Waals surface area contributed by atoms with Crippen LogP contribution in [0.25, 0.3) is 0 Å². The molecule has 2 aliphatic heterocycles. The topological polar surface area (TPSA) is 110 Å². The quantitative estimate of drug-likeness (QED) is 0.586. The number of guanidine groups is 1. The van der Waals surface area contributed by atoms with Crippen LogP contribution in [0.4, 0.5) is 0 Å². The molecule has 0 saturated heterocycles. The van der Waals surface area contributed by atoms with E-state index in [0.29, 0.717) is 19.3 Å². The molecule has 37 heavy (non-hydrogen) atoms. The highest BCUT2D eigenvalue weighted by Crippen LogP contribution is 2.52. The van der Waals surface area contributed by atoms with Gasteiger partial charge in [0.15, 0.2) is 5.96 Å². The molecule has 5 rings (SSSR count). The second-order valence-corrected chi connectivity index (χ2v) is 11.2. The van der Waals surface area contributed by atoms with E-state index in [1.165, 1.54) is 0 Å². The number of nitrogens with one attached hydrogen (secondary N) is 1. The molecule has 0 spiro atoms. The smallest absolute Gasteiger partial charge is 0.232 e. The summed E-state index contributed by atoms with van der Waals surface area (Å²) in [6.45, 7) is 8.16. The molecule has 0 radical (unpaired) electrons. The van der Waals surface area contributed by atoms with Gasteiger partial charge in [-0.3, -0.25) is 19.5 Å². The summed E-state index contributed by atoms with van der Waals surface area (Å²) in [5.41, 5.74) is 7.49. The number of carbonyl (C=O) groups excluding carboxylic acids is 2. The number of rotatable bonds is 7. The van der Waals surface area contributed by atoms with Gasteiger partial charge in [-0.25, -0.2) is 4.99 Å². The third-order valence-corrected chi connectivity index (χ3v) is 8.24. The maximum Gasteiger partial charge on any atom is 0.232 e. The molecule has 0 bridgehead atoms. The first-order valence-corrected chi connectivity index (χ1v) is 13.3. The molecule has 2 amide bonds. The number of nitrogens with zero attached hydrogens (tertiary/aromatic N) is 3. The number of nitrogens with two attached hydrogens (primary N) is 1. The Morgan fingerprint density at radius 3 is 2.65 bits per heavy atom. The highest BCUT2D eigenvalue weighted by atomic mass is 16.5. The number of hydrogen-bond donors (Lipinski definition) is 2. The summed E-state index contributed by atoms with van der Waals surface area (Å²) >= 11 is 0. The van der Waals surface area contributed by atoms with Crippen molar-refractivity contribution in [2.45, 2.75) is 83.0 Å². The van der Waals surface area contributed by atoms with Crippen LogP contribution in [-0.2, 0) is 9.59 Å². The third-order valence-electron chi connectivity index (χ3n) is 8.24. The van der Waals surface area contributed by atoms with Crippen LogP contribution in [0, 0.1) is 11.8 Å². The lowest BCUT2D eigenvalue weighted by Crippen LogP contribution is -2.53. The van der Waals surface area contributed by atoms with Crippen molar-refractivity contribution in [1.82, 2.24) is 15.2 Å². The Morgan fingerprint density at radius 2 is 1.97 bits per heavy atom. The lowest BCUT2D eigenvalue weighted by molar-refractivity contribution is -0.132. The molecule has 1 aromatic heterocycles. The van der Waals surface area contributed by atoms with E-state index in [4.69, 9.17) is 15.5 Å². The molecule has 8 nitrogen and oxygen atoms in total. The van der Waals surface area contributed by atoms with Gasteiger partial charge in [0.1, 0.15) is 11.4 Å². The van der Waals surface area contributed by atoms with Crippen LogP contribution in [0.3, 0.4) is 0 Å². The van der Waals surface area contributed by atoms with Gasteiger partial charge >= 0.3 is 0 Å². The van der Waals surface area contributed by atoms with Gasteiger partial charge in [-0.05, 0) is 56.7 Å². The normalized spacial score (nSPS) is 26.4. The van der Waals surface area contributed by atoms with Crippen LogP contribution in [0.2, 0.25) is 0 Å². The fraction of sp³-hybridized carbons (Fsp3) is 0.517. The first-order chi connectivity index (χ1) is 17.7. The van der Waals surface area contributed by atoms with E-state index in [0.717, 1.165) is 29.7 Å². The number of aromatic nitrogens is 1. The highest BCUT2D eigenvalue weighted by molar-refractivity contribution is 5.99. The number of fused-ring (bicyclic) bond motifs is 1. The zero-order chi connectivity index (χ0) is 26.4. The van der Waals surface area contributed by atoms with E-state index in [1.807, 2.05) is 64.1 Å². The lowest BCUT2D eigenvalue weighted by atomic mass is 9.87. The molecule has 2 aromatic rings. The van der Waals surface area contributed by atoms with E-state index in [2.05, 4.69) is 10.3 Å². The van der Waals surface area contributed by atoms with Gasteiger partial charge in [0.05, 0.1) is 24.0 Å². The SMILES string of the molecule is CCC1(CC)CC(=O)N(C(c2cccnc2)[C@@H]2C[C@H]2C(=O)N[C@H]2CC(C)(C)Oc3ccccc32)C(N)=N1. The standard InChI is InChI=1S/C29H37N5O3/c1-5-29(6-2)16-24(35)34(27(30)33-29)25(18-10-9-13-31-17-18)20-14-21(20)26(36)32-22-15-28(3,4)37-23-12-8-7-11-19(22)23/h7-13,17,20-22,25H,5-6,14-16H2,1-4H3,(H2,30,33)(H,32,36)/t20-,21-,22+,25?/m1/s1. The largest absolute Gasteiger partial charge is 0.487 e. The van der Waals surface area contributed by atoms with Crippen molar-refractivity contribution in [1.29, 1.82) is 0 Å². The minimum atomic E-state index is -0.458. The van der Waals surface area contributed by atoms with Gasteiger partial charge in [-0.2, -0.15) is 0 Å². The first kappa shape index (κ1) is 25.2. The average molecular weight is 504 g/mol. The monoisotopic (exact) mass is 503 g/mol. The molecule has 3 N–H and O–H groups in total. The predicted molar refractivity (Wildman–Crippen MR) is 142 cm³/mol. The highest BCUT2D eigenvalue weighted by Gasteiger charge is 2.53. The first-order valence-electron chi connectivity index (χ1n) is 13.3. The summed E-state index contributed by atoms with van der Waals surface area (Å²) < 4.78 is 6.13. The molecule has 1 saturated carbocycles. The zero-order valence-electron chi connectivity index (χ0n) is 22.1. The van der Waals surface area contributed by atoms with Crippen molar-refractivity contribution in [2.75, 3.05) is 0 Å². The average Bonchev–Trinajstić information content (AvgIpc) is 3.66. The summed E-state index contributed by atoms with van der Waals surface area (Å²) in [6, 6.07) is 11.2. The molecule has 3 aliphatic rings. The predicted octanol–water partition coefficient (Wildman–Crippen LogP) is 4.28. The fourth-order valence-corrected chi connectivity index (χ4v) is 6.00. The molecule has 1 aliphatic carbocycles. The minimum absolute atomic E-state index is 0.00664. The number of carbonyl (C=O) groups is 2. The van der Waals surface area contributed by atoms with Crippen molar-refractivity contribution in [3.05, 3.63) is 59.9 Å². The number of para-hydroxylation sites is 1.